The number of carbonyl (C=O) groups excluding carboxylic acids is 1. The van der Waals surface area contributed by atoms with E-state index >= 15 is 0 Å². The van der Waals surface area contributed by atoms with Crippen molar-refractivity contribution in [3.05, 3.63) is 23.3 Å². The SMILES string of the molecule is CC(C)=CCC(CC=C(C)C)CC(C)C=O. The summed E-state index contributed by atoms with van der Waals surface area (Å²) in [5.74, 6) is 0.783. The van der Waals surface area contributed by atoms with Crippen molar-refractivity contribution in [1.82, 2.24) is 0 Å². The van der Waals surface area contributed by atoms with Crippen LogP contribution in [-0.4, -0.2) is 6.29 Å². The first kappa shape index (κ1) is 15.2. The smallest absolute Gasteiger partial charge is 0.122 e. The van der Waals surface area contributed by atoms with Crippen LogP contribution in [0.15, 0.2) is 23.3 Å². The summed E-state index contributed by atoms with van der Waals surface area (Å²) in [5.41, 5.74) is 2.72. The second-order valence-corrected chi connectivity index (χ2v) is 5.25. The molecule has 0 N–H and O–H groups in total. The van der Waals surface area contributed by atoms with Crippen LogP contribution in [0.2, 0.25) is 0 Å². The van der Waals surface area contributed by atoms with Crippen LogP contribution < -0.4 is 0 Å². The Hall–Kier alpha value is -0.850. The minimum atomic E-state index is 0.182. The lowest BCUT2D eigenvalue weighted by atomic mass is 9.90. The lowest BCUT2D eigenvalue weighted by molar-refractivity contribution is -0.111. The van der Waals surface area contributed by atoms with Crippen LogP contribution >= 0.6 is 0 Å². The fraction of sp³-hybridized carbons (Fsp3) is 0.667. The zero-order valence-corrected chi connectivity index (χ0v) is 11.4. The average Bonchev–Trinajstić information content (AvgIpc) is 2.21. The van der Waals surface area contributed by atoms with Gasteiger partial charge in [-0.2, -0.15) is 0 Å². The number of carbonyl (C=O) groups is 1. The molecule has 1 nitrogen and oxygen atoms in total. The Kier molecular flexibility index (Phi) is 7.88. The van der Waals surface area contributed by atoms with Gasteiger partial charge < -0.3 is 4.79 Å². The molecule has 0 spiro atoms. The zero-order chi connectivity index (χ0) is 12.6. The van der Waals surface area contributed by atoms with E-state index in [0.717, 1.165) is 25.5 Å². The van der Waals surface area contributed by atoms with Gasteiger partial charge in [0.25, 0.3) is 0 Å². The van der Waals surface area contributed by atoms with Gasteiger partial charge in [0.05, 0.1) is 0 Å². The first-order valence-corrected chi connectivity index (χ1v) is 6.17. The van der Waals surface area contributed by atoms with Crippen LogP contribution in [0, 0.1) is 11.8 Å². The van der Waals surface area contributed by atoms with Crippen molar-refractivity contribution in [2.45, 2.75) is 53.9 Å². The highest BCUT2D eigenvalue weighted by atomic mass is 16.1. The highest BCUT2D eigenvalue weighted by molar-refractivity contribution is 5.52. The molecular weight excluding hydrogens is 196 g/mol. The van der Waals surface area contributed by atoms with Gasteiger partial charge in [-0.05, 0) is 52.9 Å². The molecule has 0 aliphatic carbocycles. The molecule has 0 fully saturated rings. The lowest BCUT2D eigenvalue weighted by Gasteiger charge is -2.15. The normalized spacial score (nSPS) is 12.1. The standard InChI is InChI=1S/C15H26O/c1-12(2)6-8-15(9-7-13(3)4)10-14(5)11-16/h6-7,11,14-15H,8-10H2,1-5H3. The molecule has 0 radical (unpaired) electrons. The third-order valence-corrected chi connectivity index (χ3v) is 2.66. The molecule has 0 bridgehead atoms. The first-order valence-electron chi connectivity index (χ1n) is 6.17. The summed E-state index contributed by atoms with van der Waals surface area (Å²) in [6.45, 7) is 10.5. The maximum Gasteiger partial charge on any atom is 0.122 e. The van der Waals surface area contributed by atoms with Gasteiger partial charge in [0.15, 0.2) is 0 Å². The average molecular weight is 222 g/mol. The van der Waals surface area contributed by atoms with E-state index in [0.29, 0.717) is 5.92 Å². The zero-order valence-electron chi connectivity index (χ0n) is 11.4. The van der Waals surface area contributed by atoms with E-state index in [1.54, 1.807) is 0 Å². The van der Waals surface area contributed by atoms with E-state index in [-0.39, 0.29) is 5.92 Å². The minimum Gasteiger partial charge on any atom is -0.303 e. The molecule has 0 heterocycles. The first-order chi connectivity index (χ1) is 7.45. The monoisotopic (exact) mass is 222 g/mol. The molecule has 16 heavy (non-hydrogen) atoms. The maximum absolute atomic E-state index is 10.7. The highest BCUT2D eigenvalue weighted by Crippen LogP contribution is 2.21. The van der Waals surface area contributed by atoms with Crippen molar-refractivity contribution < 1.29 is 4.79 Å². The number of aldehydes is 1. The molecule has 1 atom stereocenters. The summed E-state index contributed by atoms with van der Waals surface area (Å²) in [7, 11) is 0. The fourth-order valence-electron chi connectivity index (χ4n) is 1.67. The summed E-state index contributed by atoms with van der Waals surface area (Å²) in [5, 5.41) is 0. The lowest BCUT2D eigenvalue weighted by Crippen LogP contribution is -2.06. The van der Waals surface area contributed by atoms with Crippen molar-refractivity contribution in [3.63, 3.8) is 0 Å². The molecule has 0 amide bonds. The van der Waals surface area contributed by atoms with Gasteiger partial charge in [0, 0.05) is 5.92 Å². The molecule has 0 aromatic heterocycles. The Morgan fingerprint density at radius 1 is 1.00 bits per heavy atom. The van der Waals surface area contributed by atoms with Crippen LogP contribution in [0.25, 0.3) is 0 Å². The van der Waals surface area contributed by atoms with E-state index in [1.807, 2.05) is 6.92 Å². The molecule has 0 aliphatic rings. The highest BCUT2D eigenvalue weighted by Gasteiger charge is 2.10. The largest absolute Gasteiger partial charge is 0.303 e. The molecule has 1 unspecified atom stereocenters. The van der Waals surface area contributed by atoms with Crippen LogP contribution in [0.1, 0.15) is 53.9 Å². The number of hydrogen-bond donors (Lipinski definition) is 0. The van der Waals surface area contributed by atoms with E-state index in [1.165, 1.54) is 11.1 Å². The van der Waals surface area contributed by atoms with Crippen molar-refractivity contribution in [2.75, 3.05) is 0 Å². The van der Waals surface area contributed by atoms with E-state index in [2.05, 4.69) is 39.8 Å². The summed E-state index contributed by atoms with van der Waals surface area (Å²) >= 11 is 0. The Morgan fingerprint density at radius 3 is 1.75 bits per heavy atom. The minimum absolute atomic E-state index is 0.182. The predicted molar refractivity (Wildman–Crippen MR) is 71.4 cm³/mol. The molecule has 0 aromatic rings. The quantitative estimate of drug-likeness (QED) is 0.456. The summed E-state index contributed by atoms with van der Waals surface area (Å²) in [6.07, 6.45) is 8.80. The van der Waals surface area contributed by atoms with Gasteiger partial charge in [-0.1, -0.05) is 30.2 Å². The second kappa shape index (κ2) is 8.32. The van der Waals surface area contributed by atoms with E-state index in [4.69, 9.17) is 0 Å². The van der Waals surface area contributed by atoms with E-state index in [9.17, 15) is 4.79 Å². The van der Waals surface area contributed by atoms with Crippen molar-refractivity contribution in [2.24, 2.45) is 11.8 Å². The molecule has 0 saturated carbocycles. The summed E-state index contributed by atoms with van der Waals surface area (Å²) < 4.78 is 0. The van der Waals surface area contributed by atoms with Gasteiger partial charge in [-0.25, -0.2) is 0 Å². The molecule has 92 valence electrons. The van der Waals surface area contributed by atoms with Gasteiger partial charge in [-0.3, -0.25) is 0 Å². The number of allylic oxidation sites excluding steroid dienone is 4. The van der Waals surface area contributed by atoms with Gasteiger partial charge in [-0.15, -0.1) is 0 Å². The molecule has 0 saturated heterocycles. The summed E-state index contributed by atoms with van der Waals surface area (Å²) in [6, 6.07) is 0. The van der Waals surface area contributed by atoms with Crippen LogP contribution in [0.4, 0.5) is 0 Å². The maximum atomic E-state index is 10.7. The van der Waals surface area contributed by atoms with Gasteiger partial charge in [0.1, 0.15) is 6.29 Å². The van der Waals surface area contributed by atoms with Crippen molar-refractivity contribution >= 4 is 6.29 Å². The molecule has 0 aliphatic heterocycles. The van der Waals surface area contributed by atoms with E-state index < -0.39 is 0 Å². The Morgan fingerprint density at radius 2 is 1.44 bits per heavy atom. The third kappa shape index (κ3) is 8.46. The van der Waals surface area contributed by atoms with Crippen molar-refractivity contribution in [3.8, 4) is 0 Å². The Balaban J connectivity index is 4.32. The van der Waals surface area contributed by atoms with Crippen molar-refractivity contribution in [1.29, 1.82) is 0 Å². The van der Waals surface area contributed by atoms with Crippen LogP contribution in [-0.2, 0) is 4.79 Å². The molecule has 1 heteroatoms. The molecule has 0 aromatic carbocycles. The Bertz CT molecular complexity index is 233. The van der Waals surface area contributed by atoms with Gasteiger partial charge in [0.2, 0.25) is 0 Å². The number of rotatable bonds is 7. The topological polar surface area (TPSA) is 17.1 Å². The van der Waals surface area contributed by atoms with Crippen LogP contribution in [0.3, 0.4) is 0 Å². The molecule has 0 rings (SSSR count). The Labute approximate surface area is 101 Å². The third-order valence-electron chi connectivity index (χ3n) is 2.66. The second-order valence-electron chi connectivity index (χ2n) is 5.25. The molecular formula is C15H26O. The van der Waals surface area contributed by atoms with Gasteiger partial charge >= 0.3 is 0 Å². The van der Waals surface area contributed by atoms with Crippen LogP contribution in [0.5, 0.6) is 0 Å². The fourth-order valence-corrected chi connectivity index (χ4v) is 1.67. The number of hydrogen-bond acceptors (Lipinski definition) is 1. The predicted octanol–water partition coefficient (Wildman–Crippen LogP) is 4.54. The summed E-state index contributed by atoms with van der Waals surface area (Å²) in [4.78, 5) is 10.7.